The van der Waals surface area contributed by atoms with Crippen LogP contribution in [-0.4, -0.2) is 24.9 Å². The minimum Gasteiger partial charge on any atom is -0.493 e. The number of aromatic nitrogens is 4. The molecule has 0 aliphatic heterocycles. The molecule has 2 N–H and O–H groups in total. The number of nitrogens with zero attached hydrogens (tertiary/aromatic N) is 3. The quantitative estimate of drug-likeness (QED) is 0.670. The van der Waals surface area contributed by atoms with Gasteiger partial charge in [-0.05, 0) is 31.5 Å². The first-order valence-corrected chi connectivity index (χ1v) is 5.36. The summed E-state index contributed by atoms with van der Waals surface area (Å²) in [5.41, 5.74) is 3.70. The monoisotopic (exact) mass is 228 g/mol. The molecule has 0 radical (unpaired) electrons. The first-order chi connectivity index (χ1) is 8.13. The average Bonchev–Trinajstić information content (AvgIpc) is 2.80. The summed E-state index contributed by atoms with van der Waals surface area (Å²) in [4.78, 5) is 7.53. The van der Waals surface area contributed by atoms with E-state index in [4.69, 9.17) is 0 Å². The molecule has 5 nitrogen and oxygen atoms in total. The van der Waals surface area contributed by atoms with Crippen LogP contribution < -0.4 is 0 Å². The van der Waals surface area contributed by atoms with E-state index in [0.717, 1.165) is 22.3 Å². The number of benzene rings is 1. The Morgan fingerprint density at radius 2 is 2.06 bits per heavy atom. The molecule has 0 fully saturated rings. The van der Waals surface area contributed by atoms with Crippen LogP contribution in [0, 0.1) is 13.8 Å². The third-order valence-corrected chi connectivity index (χ3v) is 2.64. The van der Waals surface area contributed by atoms with Crippen molar-refractivity contribution in [3.63, 3.8) is 0 Å². The molecule has 0 bridgehead atoms. The summed E-state index contributed by atoms with van der Waals surface area (Å²) in [7, 11) is 0. The molecule has 3 rings (SSSR count). The molecular weight excluding hydrogens is 216 g/mol. The third-order valence-electron chi connectivity index (χ3n) is 2.64. The summed E-state index contributed by atoms with van der Waals surface area (Å²) in [6.07, 6.45) is 0. The molecule has 0 amide bonds. The highest BCUT2D eigenvalue weighted by Gasteiger charge is 2.10. The molecule has 0 saturated carbocycles. The smallest absolute Gasteiger partial charge is 0.232 e. The predicted octanol–water partition coefficient (Wildman–Crippen LogP) is 2.07. The molecule has 0 aliphatic rings. The van der Waals surface area contributed by atoms with Gasteiger partial charge in [0, 0.05) is 6.07 Å². The Labute approximate surface area is 97.7 Å². The van der Waals surface area contributed by atoms with Crippen LogP contribution in [0.1, 0.15) is 11.3 Å². The summed E-state index contributed by atoms with van der Waals surface area (Å²) in [5.74, 6) is 0.606. The Kier molecular flexibility index (Phi) is 1.95. The Morgan fingerprint density at radius 3 is 2.76 bits per heavy atom. The highest BCUT2D eigenvalue weighted by Crippen LogP contribution is 2.19. The van der Waals surface area contributed by atoms with Crippen molar-refractivity contribution in [2.45, 2.75) is 13.8 Å². The number of fused-ring (bicyclic) bond motifs is 1. The maximum absolute atomic E-state index is 9.70. The van der Waals surface area contributed by atoms with Gasteiger partial charge in [-0.15, -0.1) is 0 Å². The number of aromatic amines is 1. The topological polar surface area (TPSA) is 66.7 Å². The van der Waals surface area contributed by atoms with Crippen molar-refractivity contribution in [2.75, 3.05) is 0 Å². The van der Waals surface area contributed by atoms with E-state index in [1.54, 1.807) is 6.07 Å². The minimum absolute atomic E-state index is 0.0817. The van der Waals surface area contributed by atoms with Gasteiger partial charge in [-0.2, -0.15) is 9.78 Å². The molecule has 2 aromatic heterocycles. The second-order valence-corrected chi connectivity index (χ2v) is 4.14. The lowest BCUT2D eigenvalue weighted by molar-refractivity contribution is 0.430. The van der Waals surface area contributed by atoms with Crippen LogP contribution in [-0.2, 0) is 0 Å². The summed E-state index contributed by atoms with van der Waals surface area (Å²) >= 11 is 0. The van der Waals surface area contributed by atoms with E-state index < -0.39 is 0 Å². The van der Waals surface area contributed by atoms with E-state index >= 15 is 0 Å². The molecule has 86 valence electrons. The maximum atomic E-state index is 9.70. The Hall–Kier alpha value is -2.30. The van der Waals surface area contributed by atoms with E-state index in [-0.39, 0.29) is 5.88 Å². The van der Waals surface area contributed by atoms with Crippen LogP contribution >= 0.6 is 0 Å². The zero-order valence-electron chi connectivity index (χ0n) is 9.60. The lowest BCUT2D eigenvalue weighted by Crippen LogP contribution is -1.98. The van der Waals surface area contributed by atoms with Crippen molar-refractivity contribution in [3.8, 4) is 11.8 Å². The number of rotatable bonds is 1. The first-order valence-electron chi connectivity index (χ1n) is 5.36. The number of nitrogens with one attached hydrogen (secondary N) is 1. The van der Waals surface area contributed by atoms with E-state index in [1.807, 2.05) is 32.0 Å². The van der Waals surface area contributed by atoms with Gasteiger partial charge in [0.2, 0.25) is 11.8 Å². The molecule has 1 aromatic carbocycles. The van der Waals surface area contributed by atoms with Crippen LogP contribution in [0.4, 0.5) is 0 Å². The van der Waals surface area contributed by atoms with E-state index in [2.05, 4.69) is 15.1 Å². The van der Waals surface area contributed by atoms with E-state index in [0.29, 0.717) is 5.95 Å². The number of H-pyrrole nitrogens is 1. The van der Waals surface area contributed by atoms with Crippen molar-refractivity contribution >= 4 is 11.0 Å². The van der Waals surface area contributed by atoms with Gasteiger partial charge < -0.3 is 10.1 Å². The molecule has 17 heavy (non-hydrogen) atoms. The average molecular weight is 228 g/mol. The highest BCUT2D eigenvalue weighted by atomic mass is 16.3. The Morgan fingerprint density at radius 1 is 1.24 bits per heavy atom. The number of aromatic hydroxyl groups is 1. The van der Waals surface area contributed by atoms with Gasteiger partial charge >= 0.3 is 0 Å². The molecule has 0 saturated heterocycles. The summed E-state index contributed by atoms with van der Waals surface area (Å²) < 4.78 is 1.39. The van der Waals surface area contributed by atoms with Gasteiger partial charge in [0.15, 0.2) is 0 Å². The van der Waals surface area contributed by atoms with Crippen LogP contribution in [0.5, 0.6) is 5.88 Å². The molecule has 0 unspecified atom stereocenters. The standard InChI is InChI=1S/C12H12N4O/c1-7-3-4-9-10(5-7)14-12(13-9)16-11(17)6-8(2)15-16/h3-6,17H,1-2H3,(H,13,14). The zero-order valence-corrected chi connectivity index (χ0v) is 9.60. The van der Waals surface area contributed by atoms with Crippen LogP contribution in [0.25, 0.3) is 17.0 Å². The zero-order chi connectivity index (χ0) is 12.0. The van der Waals surface area contributed by atoms with Gasteiger partial charge in [-0.1, -0.05) is 6.07 Å². The van der Waals surface area contributed by atoms with Crippen molar-refractivity contribution in [3.05, 3.63) is 35.5 Å². The second-order valence-electron chi connectivity index (χ2n) is 4.14. The molecule has 5 heteroatoms. The Balaban J connectivity index is 2.21. The lowest BCUT2D eigenvalue weighted by Gasteiger charge is -1.95. The molecule has 0 atom stereocenters. The molecule has 0 spiro atoms. The van der Waals surface area contributed by atoms with Gasteiger partial charge in [-0.25, -0.2) is 4.98 Å². The minimum atomic E-state index is 0.0817. The third kappa shape index (κ3) is 1.56. The van der Waals surface area contributed by atoms with Gasteiger partial charge in [-0.3, -0.25) is 0 Å². The summed E-state index contributed by atoms with van der Waals surface area (Å²) in [6.45, 7) is 3.84. The SMILES string of the molecule is Cc1ccc2[nH]c(-n3nc(C)cc3O)nc2c1. The van der Waals surface area contributed by atoms with Crippen molar-refractivity contribution in [1.82, 2.24) is 19.7 Å². The largest absolute Gasteiger partial charge is 0.493 e. The van der Waals surface area contributed by atoms with Crippen LogP contribution in [0.15, 0.2) is 24.3 Å². The lowest BCUT2D eigenvalue weighted by atomic mass is 10.2. The van der Waals surface area contributed by atoms with Gasteiger partial charge in [0.25, 0.3) is 0 Å². The molecular formula is C12H12N4O. The van der Waals surface area contributed by atoms with Crippen LogP contribution in [0.3, 0.4) is 0 Å². The highest BCUT2D eigenvalue weighted by molar-refractivity contribution is 5.77. The Bertz CT molecular complexity index is 696. The number of hydrogen-bond donors (Lipinski definition) is 2. The second kappa shape index (κ2) is 3.35. The summed E-state index contributed by atoms with van der Waals surface area (Å²) in [6, 6.07) is 7.56. The van der Waals surface area contributed by atoms with Crippen LogP contribution in [0.2, 0.25) is 0 Å². The maximum Gasteiger partial charge on any atom is 0.232 e. The number of hydrogen-bond acceptors (Lipinski definition) is 3. The van der Waals surface area contributed by atoms with E-state index in [9.17, 15) is 5.11 Å². The number of imidazole rings is 1. The van der Waals surface area contributed by atoms with Crippen molar-refractivity contribution in [1.29, 1.82) is 0 Å². The van der Waals surface area contributed by atoms with Crippen molar-refractivity contribution < 1.29 is 5.11 Å². The molecule has 2 heterocycles. The fourth-order valence-corrected chi connectivity index (χ4v) is 1.84. The first kappa shape index (κ1) is 9.89. The van der Waals surface area contributed by atoms with Crippen molar-refractivity contribution in [2.24, 2.45) is 0 Å². The number of aryl methyl sites for hydroxylation is 2. The van der Waals surface area contributed by atoms with Gasteiger partial charge in [0.1, 0.15) is 0 Å². The molecule has 0 aliphatic carbocycles. The molecule has 3 aromatic rings. The van der Waals surface area contributed by atoms with Gasteiger partial charge in [0.05, 0.1) is 16.7 Å². The summed E-state index contributed by atoms with van der Waals surface area (Å²) in [5, 5.41) is 13.9. The fraction of sp³-hybridized carbons (Fsp3) is 0.167. The van der Waals surface area contributed by atoms with E-state index in [1.165, 1.54) is 4.68 Å². The normalized spacial score (nSPS) is 11.2. The predicted molar refractivity (Wildman–Crippen MR) is 64.4 cm³/mol. The fourth-order valence-electron chi connectivity index (χ4n) is 1.84.